The van der Waals surface area contributed by atoms with Crippen LogP contribution in [0.3, 0.4) is 0 Å². The van der Waals surface area contributed by atoms with Crippen LogP contribution in [0.2, 0.25) is 0 Å². The van der Waals surface area contributed by atoms with Crippen LogP contribution in [-0.2, 0) is 14.8 Å². The van der Waals surface area contributed by atoms with Crippen LogP contribution in [0.5, 0.6) is 5.75 Å². The molecule has 0 unspecified atom stereocenters. The highest BCUT2D eigenvalue weighted by Gasteiger charge is 2.29. The monoisotopic (exact) mass is 437 g/mol. The Morgan fingerprint density at radius 1 is 1.07 bits per heavy atom. The molecule has 0 saturated carbocycles. The quantitative estimate of drug-likeness (QED) is 0.674. The van der Waals surface area contributed by atoms with Gasteiger partial charge in [0, 0.05) is 44.2 Å². The number of sulfonamides is 1. The van der Waals surface area contributed by atoms with E-state index < -0.39 is 10.0 Å². The standard InChI is InChI=1S/C20H24ClN3O4S/c1-28-19-5-3-2-4-18(19)23-12-14-24(15-13-23)29(26,27)17-8-6-16(7-9-17)22-20(25)10-11-21/h2-9H,10-15H2,1H3,(H,22,25). The van der Waals surface area contributed by atoms with Crippen LogP contribution in [0.15, 0.2) is 53.4 Å². The number of nitrogens with one attached hydrogen (secondary N) is 1. The lowest BCUT2D eigenvalue weighted by atomic mass is 10.2. The van der Waals surface area contributed by atoms with Gasteiger partial charge in [-0.05, 0) is 36.4 Å². The van der Waals surface area contributed by atoms with Crippen molar-refractivity contribution in [2.45, 2.75) is 11.3 Å². The molecule has 0 aliphatic carbocycles. The Balaban J connectivity index is 1.66. The second-order valence-corrected chi connectivity index (χ2v) is 8.89. The molecule has 0 radical (unpaired) electrons. The summed E-state index contributed by atoms with van der Waals surface area (Å²) in [5, 5.41) is 2.69. The van der Waals surface area contributed by atoms with Crippen molar-refractivity contribution in [1.82, 2.24) is 4.31 Å². The first-order chi connectivity index (χ1) is 14.0. The molecule has 0 aromatic heterocycles. The van der Waals surface area contributed by atoms with E-state index in [0.717, 1.165) is 11.4 Å². The van der Waals surface area contributed by atoms with Crippen LogP contribution in [0.1, 0.15) is 6.42 Å². The SMILES string of the molecule is COc1ccccc1N1CCN(S(=O)(=O)c2ccc(NC(=O)CCCl)cc2)CC1. The number of benzene rings is 2. The topological polar surface area (TPSA) is 79.0 Å². The maximum Gasteiger partial charge on any atom is 0.243 e. The number of piperazine rings is 1. The Labute approximate surface area is 176 Å². The molecule has 2 aromatic carbocycles. The first-order valence-electron chi connectivity index (χ1n) is 9.29. The summed E-state index contributed by atoms with van der Waals surface area (Å²) in [6, 6.07) is 13.9. The fraction of sp³-hybridized carbons (Fsp3) is 0.350. The number of halogens is 1. The Bertz CT molecular complexity index is 942. The Morgan fingerprint density at radius 3 is 2.34 bits per heavy atom. The zero-order chi connectivity index (χ0) is 20.9. The summed E-state index contributed by atoms with van der Waals surface area (Å²) in [4.78, 5) is 13.9. The molecule has 1 aliphatic heterocycles. The molecule has 156 valence electrons. The van der Waals surface area contributed by atoms with Crippen molar-refractivity contribution >= 4 is 38.9 Å². The highest BCUT2D eigenvalue weighted by atomic mass is 35.5. The van der Waals surface area contributed by atoms with Gasteiger partial charge >= 0.3 is 0 Å². The minimum atomic E-state index is -3.60. The molecule has 7 nitrogen and oxygen atoms in total. The average Bonchev–Trinajstić information content (AvgIpc) is 2.74. The highest BCUT2D eigenvalue weighted by molar-refractivity contribution is 7.89. The predicted molar refractivity (Wildman–Crippen MR) is 114 cm³/mol. The van der Waals surface area contributed by atoms with Gasteiger partial charge in [-0.3, -0.25) is 4.79 Å². The third-order valence-corrected chi connectivity index (χ3v) is 6.86. The van der Waals surface area contributed by atoms with E-state index in [1.807, 2.05) is 24.3 Å². The van der Waals surface area contributed by atoms with Gasteiger partial charge < -0.3 is 15.0 Å². The number of methoxy groups -OCH3 is 1. The molecule has 0 atom stereocenters. The molecule has 1 N–H and O–H groups in total. The number of anilines is 2. The van der Waals surface area contributed by atoms with Gasteiger partial charge in [-0.25, -0.2) is 8.42 Å². The van der Waals surface area contributed by atoms with Crippen LogP contribution in [0.4, 0.5) is 11.4 Å². The fourth-order valence-electron chi connectivity index (χ4n) is 3.23. The van der Waals surface area contributed by atoms with Crippen molar-refractivity contribution in [3.8, 4) is 5.75 Å². The van der Waals surface area contributed by atoms with E-state index in [1.165, 1.54) is 16.4 Å². The number of ether oxygens (including phenoxy) is 1. The second kappa shape index (κ2) is 9.47. The molecule has 1 amide bonds. The smallest absolute Gasteiger partial charge is 0.243 e. The number of hydrogen-bond donors (Lipinski definition) is 1. The van der Waals surface area contributed by atoms with Crippen molar-refractivity contribution < 1.29 is 17.9 Å². The maximum atomic E-state index is 13.0. The molecule has 3 rings (SSSR count). The highest BCUT2D eigenvalue weighted by Crippen LogP contribution is 2.29. The number of carbonyl (C=O) groups excluding carboxylic acids is 1. The summed E-state index contributed by atoms with van der Waals surface area (Å²) in [7, 11) is -1.97. The van der Waals surface area contributed by atoms with E-state index in [0.29, 0.717) is 31.9 Å². The summed E-state index contributed by atoms with van der Waals surface area (Å²) >= 11 is 5.54. The van der Waals surface area contributed by atoms with Crippen LogP contribution in [0.25, 0.3) is 0 Å². The third-order valence-electron chi connectivity index (χ3n) is 4.76. The van der Waals surface area contributed by atoms with E-state index in [9.17, 15) is 13.2 Å². The second-order valence-electron chi connectivity index (χ2n) is 6.57. The molecule has 2 aromatic rings. The third kappa shape index (κ3) is 5.01. The molecule has 0 spiro atoms. The van der Waals surface area contributed by atoms with Crippen molar-refractivity contribution in [1.29, 1.82) is 0 Å². The normalized spacial score (nSPS) is 15.2. The lowest BCUT2D eigenvalue weighted by Crippen LogP contribution is -2.48. The minimum Gasteiger partial charge on any atom is -0.495 e. The number of amides is 1. The van der Waals surface area contributed by atoms with Gasteiger partial charge in [-0.15, -0.1) is 11.6 Å². The summed E-state index contributed by atoms with van der Waals surface area (Å²) in [6.07, 6.45) is 0.206. The van der Waals surface area contributed by atoms with E-state index in [1.54, 1.807) is 19.2 Å². The van der Waals surface area contributed by atoms with Gasteiger partial charge in [0.05, 0.1) is 17.7 Å². The number of hydrogen-bond acceptors (Lipinski definition) is 5. The van der Waals surface area contributed by atoms with Crippen LogP contribution < -0.4 is 15.0 Å². The largest absolute Gasteiger partial charge is 0.495 e. The van der Waals surface area contributed by atoms with E-state index in [4.69, 9.17) is 16.3 Å². The first kappa shape index (κ1) is 21.4. The number of para-hydroxylation sites is 2. The molecular formula is C20H24ClN3O4S. The van der Waals surface area contributed by atoms with Crippen molar-refractivity contribution in [2.24, 2.45) is 0 Å². The Kier molecular flexibility index (Phi) is 7.00. The number of carbonyl (C=O) groups is 1. The van der Waals surface area contributed by atoms with E-state index >= 15 is 0 Å². The van der Waals surface area contributed by atoms with Crippen molar-refractivity contribution in [3.63, 3.8) is 0 Å². The van der Waals surface area contributed by atoms with E-state index in [2.05, 4.69) is 10.2 Å². The summed E-state index contributed by atoms with van der Waals surface area (Å²) in [6.45, 7) is 1.92. The molecule has 29 heavy (non-hydrogen) atoms. The van der Waals surface area contributed by atoms with Crippen LogP contribution in [0, 0.1) is 0 Å². The predicted octanol–water partition coefficient (Wildman–Crippen LogP) is 2.77. The molecular weight excluding hydrogens is 414 g/mol. The molecule has 9 heteroatoms. The van der Waals surface area contributed by atoms with Gasteiger partial charge in [0.15, 0.2) is 0 Å². The van der Waals surface area contributed by atoms with Gasteiger partial charge in [0.2, 0.25) is 15.9 Å². The van der Waals surface area contributed by atoms with Crippen LogP contribution in [-0.4, -0.2) is 57.8 Å². The van der Waals surface area contributed by atoms with Gasteiger partial charge in [0.1, 0.15) is 5.75 Å². The van der Waals surface area contributed by atoms with Gasteiger partial charge in [-0.1, -0.05) is 12.1 Å². The number of rotatable bonds is 7. The zero-order valence-corrected chi connectivity index (χ0v) is 17.7. The molecule has 1 fully saturated rings. The zero-order valence-electron chi connectivity index (χ0n) is 16.2. The first-order valence-corrected chi connectivity index (χ1v) is 11.3. The van der Waals surface area contributed by atoms with Gasteiger partial charge in [-0.2, -0.15) is 4.31 Å². The summed E-state index contributed by atoms with van der Waals surface area (Å²) in [5.41, 5.74) is 1.50. The Hall–Kier alpha value is -2.29. The van der Waals surface area contributed by atoms with E-state index in [-0.39, 0.29) is 23.1 Å². The lowest BCUT2D eigenvalue weighted by Gasteiger charge is -2.35. The fourth-order valence-corrected chi connectivity index (χ4v) is 4.82. The molecule has 1 saturated heterocycles. The number of alkyl halides is 1. The van der Waals surface area contributed by atoms with Crippen LogP contribution >= 0.6 is 11.6 Å². The number of nitrogens with zero attached hydrogens (tertiary/aromatic N) is 2. The Morgan fingerprint density at radius 2 is 1.72 bits per heavy atom. The van der Waals surface area contributed by atoms with Crippen molar-refractivity contribution in [2.75, 3.05) is 49.4 Å². The molecule has 1 aliphatic rings. The maximum absolute atomic E-state index is 13.0. The average molecular weight is 438 g/mol. The molecule has 0 bridgehead atoms. The summed E-state index contributed by atoms with van der Waals surface area (Å²) < 4.78 is 32.8. The summed E-state index contributed by atoms with van der Waals surface area (Å²) in [5.74, 6) is 0.803. The van der Waals surface area contributed by atoms with Gasteiger partial charge in [0.25, 0.3) is 0 Å². The minimum absolute atomic E-state index is 0.205. The lowest BCUT2D eigenvalue weighted by molar-refractivity contribution is -0.115. The molecule has 1 heterocycles. The van der Waals surface area contributed by atoms with Crippen molar-refractivity contribution in [3.05, 3.63) is 48.5 Å².